The largest absolute Gasteiger partial charge is 0.478 e. The molecule has 24 heavy (non-hydrogen) atoms. The second-order valence-electron chi connectivity index (χ2n) is 5.23. The van der Waals surface area contributed by atoms with Crippen LogP contribution in [0.3, 0.4) is 0 Å². The molecule has 1 aliphatic rings. The van der Waals surface area contributed by atoms with E-state index >= 15 is 0 Å². The molecule has 5 N–H and O–H groups in total. The van der Waals surface area contributed by atoms with Crippen molar-refractivity contribution in [1.82, 2.24) is 20.3 Å². The van der Waals surface area contributed by atoms with Gasteiger partial charge in [-0.15, -0.1) is 5.10 Å². The molecule has 5 unspecified atom stereocenters. The van der Waals surface area contributed by atoms with Gasteiger partial charge in [0.15, 0.2) is 12.4 Å². The van der Waals surface area contributed by atoms with Crippen LogP contribution in [0.1, 0.15) is 11.9 Å². The summed E-state index contributed by atoms with van der Waals surface area (Å²) in [6.45, 7) is -0.0367. The van der Waals surface area contributed by atoms with Gasteiger partial charge < -0.3 is 30.5 Å². The van der Waals surface area contributed by atoms with Crippen LogP contribution in [0.4, 0.5) is 4.39 Å². The summed E-state index contributed by atoms with van der Waals surface area (Å²) in [5.41, 5.74) is 0.440. The zero-order valence-corrected chi connectivity index (χ0v) is 12.6. The summed E-state index contributed by atoms with van der Waals surface area (Å²) in [7, 11) is 0. The van der Waals surface area contributed by atoms with Gasteiger partial charge >= 0.3 is 5.97 Å². The van der Waals surface area contributed by atoms with Crippen LogP contribution >= 0.6 is 0 Å². The molecule has 0 spiro atoms. The van der Waals surface area contributed by atoms with Crippen LogP contribution in [0.15, 0.2) is 18.3 Å². The fraction of sp³-hybridized carbons (Fsp3) is 0.615. The van der Waals surface area contributed by atoms with E-state index in [1.807, 2.05) is 0 Å². The standard InChI is InChI=1S/C13H19FN4O6/c14-10-12(23)11(22)8(6-19)24-13(10)18-5-7(16-17-18)4-15-3-1-2-9(20)21/h1-2,5,8,10-13,15,19,22-23H,3-4,6H2,(H,20,21)/b2-1+. The number of aliphatic hydroxyl groups excluding tert-OH is 3. The first-order chi connectivity index (χ1) is 11.4. The number of hydrogen-bond donors (Lipinski definition) is 5. The Morgan fingerprint density at radius 2 is 2.21 bits per heavy atom. The monoisotopic (exact) mass is 346 g/mol. The Bertz CT molecular complexity index is 581. The Balaban J connectivity index is 1.95. The second-order valence-corrected chi connectivity index (χ2v) is 5.23. The molecule has 1 aromatic rings. The van der Waals surface area contributed by atoms with Crippen molar-refractivity contribution in [1.29, 1.82) is 0 Å². The second kappa shape index (κ2) is 8.26. The third-order valence-electron chi connectivity index (χ3n) is 3.47. The van der Waals surface area contributed by atoms with E-state index in [1.165, 1.54) is 12.3 Å². The fourth-order valence-corrected chi connectivity index (χ4v) is 2.23. The van der Waals surface area contributed by atoms with E-state index in [4.69, 9.17) is 14.9 Å². The molecule has 0 amide bonds. The number of rotatable bonds is 7. The lowest BCUT2D eigenvalue weighted by atomic mass is 9.99. The van der Waals surface area contributed by atoms with Gasteiger partial charge in [-0.2, -0.15) is 0 Å². The maximum Gasteiger partial charge on any atom is 0.328 e. The van der Waals surface area contributed by atoms with Gasteiger partial charge in [0.25, 0.3) is 0 Å². The van der Waals surface area contributed by atoms with E-state index in [0.29, 0.717) is 12.2 Å². The number of nitrogens with zero attached hydrogens (tertiary/aromatic N) is 3. The minimum atomic E-state index is -1.94. The summed E-state index contributed by atoms with van der Waals surface area (Å²) in [4.78, 5) is 10.3. The number of hydrogen-bond acceptors (Lipinski definition) is 8. The van der Waals surface area contributed by atoms with Gasteiger partial charge in [0.1, 0.15) is 18.3 Å². The molecule has 0 radical (unpaired) electrons. The summed E-state index contributed by atoms with van der Waals surface area (Å²) < 4.78 is 20.4. The van der Waals surface area contributed by atoms with Crippen molar-refractivity contribution in [3.8, 4) is 0 Å². The lowest BCUT2D eigenvalue weighted by Gasteiger charge is -2.38. The summed E-state index contributed by atoms with van der Waals surface area (Å²) in [5, 5.41) is 47.3. The van der Waals surface area contributed by atoms with Crippen molar-refractivity contribution in [2.45, 2.75) is 37.3 Å². The molecule has 0 saturated carbocycles. The molecule has 134 valence electrons. The fourth-order valence-electron chi connectivity index (χ4n) is 2.23. The van der Waals surface area contributed by atoms with Crippen LogP contribution < -0.4 is 5.32 Å². The van der Waals surface area contributed by atoms with E-state index in [9.17, 15) is 19.4 Å². The molecule has 0 aliphatic carbocycles. The smallest absolute Gasteiger partial charge is 0.328 e. The number of alkyl halides is 1. The van der Waals surface area contributed by atoms with Gasteiger partial charge in [-0.1, -0.05) is 11.3 Å². The molecular weight excluding hydrogens is 327 g/mol. The molecule has 1 saturated heterocycles. The topological polar surface area (TPSA) is 150 Å². The predicted octanol–water partition coefficient (Wildman–Crippen LogP) is -2.04. The average molecular weight is 346 g/mol. The minimum Gasteiger partial charge on any atom is -0.478 e. The van der Waals surface area contributed by atoms with E-state index in [0.717, 1.165) is 10.8 Å². The number of aliphatic carboxylic acids is 1. The van der Waals surface area contributed by atoms with Crippen molar-refractivity contribution in [3.05, 3.63) is 24.0 Å². The Labute approximate surface area is 136 Å². The molecule has 0 aromatic carbocycles. The number of carboxylic acid groups (broad SMARTS) is 1. The zero-order valence-electron chi connectivity index (χ0n) is 12.6. The van der Waals surface area contributed by atoms with E-state index in [1.54, 1.807) is 0 Å². The molecule has 1 aromatic heterocycles. The Kier molecular flexibility index (Phi) is 6.34. The summed E-state index contributed by atoms with van der Waals surface area (Å²) in [6, 6.07) is 0. The number of halogens is 1. The van der Waals surface area contributed by atoms with Gasteiger partial charge in [0, 0.05) is 19.2 Å². The molecule has 0 bridgehead atoms. The van der Waals surface area contributed by atoms with Crippen molar-refractivity contribution < 1.29 is 34.3 Å². The SMILES string of the molecule is O=C(O)/C=C/CNCc1cn(C2OC(CO)C(O)C(O)C2F)nn1. The van der Waals surface area contributed by atoms with Crippen molar-refractivity contribution in [2.75, 3.05) is 13.2 Å². The van der Waals surface area contributed by atoms with Gasteiger partial charge in [0.05, 0.1) is 18.5 Å². The summed E-state index contributed by atoms with van der Waals surface area (Å²) >= 11 is 0. The molecule has 2 rings (SSSR count). The van der Waals surface area contributed by atoms with Crippen molar-refractivity contribution in [2.24, 2.45) is 0 Å². The van der Waals surface area contributed by atoms with Crippen LogP contribution in [0.2, 0.25) is 0 Å². The van der Waals surface area contributed by atoms with E-state index < -0.39 is 43.3 Å². The van der Waals surface area contributed by atoms with Crippen LogP contribution in [0.5, 0.6) is 0 Å². The average Bonchev–Trinajstić information content (AvgIpc) is 3.01. The molecule has 11 heteroatoms. The maximum atomic E-state index is 14.1. The maximum absolute atomic E-state index is 14.1. The summed E-state index contributed by atoms with van der Waals surface area (Å²) in [5.74, 6) is -1.05. The van der Waals surface area contributed by atoms with Crippen LogP contribution in [0, 0.1) is 0 Å². The molecule has 1 aliphatic heterocycles. The molecular formula is C13H19FN4O6. The highest BCUT2D eigenvalue weighted by molar-refractivity contribution is 5.79. The quantitative estimate of drug-likeness (QED) is 0.278. The molecule has 10 nitrogen and oxygen atoms in total. The first-order valence-electron chi connectivity index (χ1n) is 7.21. The van der Waals surface area contributed by atoms with Crippen molar-refractivity contribution in [3.63, 3.8) is 0 Å². The highest BCUT2D eigenvalue weighted by Crippen LogP contribution is 2.29. The number of nitrogens with one attached hydrogen (secondary N) is 1. The van der Waals surface area contributed by atoms with Gasteiger partial charge in [-0.05, 0) is 0 Å². The lowest BCUT2D eigenvalue weighted by Crippen LogP contribution is -2.55. The van der Waals surface area contributed by atoms with Crippen LogP contribution in [-0.4, -0.2) is 79.0 Å². The highest BCUT2D eigenvalue weighted by Gasteiger charge is 2.45. The lowest BCUT2D eigenvalue weighted by molar-refractivity contribution is -0.237. The van der Waals surface area contributed by atoms with Crippen molar-refractivity contribution >= 4 is 5.97 Å². The van der Waals surface area contributed by atoms with Crippen LogP contribution in [0.25, 0.3) is 0 Å². The van der Waals surface area contributed by atoms with Gasteiger partial charge in [-0.3, -0.25) is 0 Å². The normalized spacial score (nSPS) is 30.8. The minimum absolute atomic E-state index is 0.252. The number of carboxylic acids is 1. The molecule has 1 fully saturated rings. The van der Waals surface area contributed by atoms with Gasteiger partial charge in [-0.25, -0.2) is 13.9 Å². The van der Waals surface area contributed by atoms with Crippen LogP contribution in [-0.2, 0) is 16.1 Å². The Morgan fingerprint density at radius 3 is 2.88 bits per heavy atom. The number of carbonyl (C=O) groups is 1. The third kappa shape index (κ3) is 4.33. The first-order valence-corrected chi connectivity index (χ1v) is 7.21. The van der Waals surface area contributed by atoms with E-state index in [2.05, 4.69) is 15.6 Å². The summed E-state index contributed by atoms with van der Waals surface area (Å²) in [6.07, 6.45) is -3.85. The first kappa shape index (κ1) is 18.4. The molecule has 5 atom stereocenters. The zero-order chi connectivity index (χ0) is 17.7. The highest BCUT2D eigenvalue weighted by atomic mass is 19.1. The number of ether oxygens (including phenoxy) is 1. The Hall–Kier alpha value is -1.92. The van der Waals surface area contributed by atoms with Gasteiger partial charge in [0.2, 0.25) is 0 Å². The Morgan fingerprint density at radius 1 is 1.46 bits per heavy atom. The predicted molar refractivity (Wildman–Crippen MR) is 76.4 cm³/mol. The number of aliphatic hydroxyl groups is 3. The molecule has 2 heterocycles. The third-order valence-corrected chi connectivity index (χ3v) is 3.47. The van der Waals surface area contributed by atoms with E-state index in [-0.39, 0.29) is 6.54 Å². The number of aromatic nitrogens is 3.